The van der Waals surface area contributed by atoms with Gasteiger partial charge in [-0.05, 0) is 56.1 Å². The Balaban J connectivity index is 1.78. The molecule has 132 valence electrons. The zero-order valence-electron chi connectivity index (χ0n) is 14.5. The number of allylic oxidation sites excluding steroid dienone is 4. The van der Waals surface area contributed by atoms with E-state index in [9.17, 15) is 10.1 Å². The first-order valence-electron chi connectivity index (χ1n) is 9.22. The summed E-state index contributed by atoms with van der Waals surface area (Å²) < 4.78 is 5.59. The predicted molar refractivity (Wildman–Crippen MR) is 98.1 cm³/mol. The molecule has 1 N–H and O–H groups in total. The summed E-state index contributed by atoms with van der Waals surface area (Å²) in [7, 11) is 0. The van der Waals surface area contributed by atoms with Gasteiger partial charge in [-0.1, -0.05) is 24.3 Å². The number of fused-ring (bicyclic) bond motifs is 3. The van der Waals surface area contributed by atoms with Gasteiger partial charge in [-0.3, -0.25) is 10.1 Å². The first-order valence-corrected chi connectivity index (χ1v) is 9.22. The third-order valence-electron chi connectivity index (χ3n) is 5.79. The van der Waals surface area contributed by atoms with E-state index in [1.807, 2.05) is 13.0 Å². The number of hydrogen-bond donors (Lipinski definition) is 1. The van der Waals surface area contributed by atoms with E-state index in [4.69, 9.17) is 4.74 Å². The van der Waals surface area contributed by atoms with Crippen LogP contribution in [0.4, 0.5) is 11.4 Å². The molecule has 0 amide bonds. The molecular weight excluding hydrogens is 316 g/mol. The molecule has 1 heterocycles. The van der Waals surface area contributed by atoms with Crippen molar-refractivity contribution in [1.29, 1.82) is 0 Å². The number of nitro benzene ring substituents is 1. The van der Waals surface area contributed by atoms with Crippen LogP contribution in [0.1, 0.15) is 44.1 Å². The van der Waals surface area contributed by atoms with Crippen molar-refractivity contribution in [3.05, 3.63) is 52.1 Å². The van der Waals surface area contributed by atoms with Crippen LogP contribution in [-0.2, 0) is 0 Å². The highest BCUT2D eigenvalue weighted by Gasteiger charge is 2.43. The zero-order valence-corrected chi connectivity index (χ0v) is 14.5. The first kappa shape index (κ1) is 16.2. The summed E-state index contributed by atoms with van der Waals surface area (Å²) in [5.41, 5.74) is 1.84. The van der Waals surface area contributed by atoms with Gasteiger partial charge in [0.15, 0.2) is 0 Å². The molecule has 0 bridgehead atoms. The van der Waals surface area contributed by atoms with Crippen LogP contribution >= 0.6 is 0 Å². The zero-order chi connectivity index (χ0) is 17.4. The molecule has 25 heavy (non-hydrogen) atoms. The van der Waals surface area contributed by atoms with Crippen LogP contribution in [0.25, 0.3) is 0 Å². The maximum absolute atomic E-state index is 11.7. The Kier molecular flexibility index (Phi) is 4.24. The maximum Gasteiger partial charge on any atom is 0.296 e. The van der Waals surface area contributed by atoms with Gasteiger partial charge < -0.3 is 10.1 Å². The maximum atomic E-state index is 11.7. The third-order valence-corrected chi connectivity index (χ3v) is 5.79. The normalized spacial score (nSPS) is 29.6. The van der Waals surface area contributed by atoms with E-state index in [1.54, 1.807) is 6.07 Å². The molecule has 0 saturated carbocycles. The molecule has 1 aromatic rings. The van der Waals surface area contributed by atoms with Gasteiger partial charge >= 0.3 is 0 Å². The summed E-state index contributed by atoms with van der Waals surface area (Å²) in [6, 6.07) is 3.84. The Morgan fingerprint density at radius 2 is 2.16 bits per heavy atom. The van der Waals surface area contributed by atoms with Crippen LogP contribution in [-0.4, -0.2) is 17.6 Å². The van der Waals surface area contributed by atoms with E-state index in [1.165, 1.54) is 0 Å². The number of hydrogen-bond acceptors (Lipinski definition) is 4. The first-order chi connectivity index (χ1) is 12.2. The quantitative estimate of drug-likeness (QED) is 0.485. The molecule has 0 unspecified atom stereocenters. The van der Waals surface area contributed by atoms with Gasteiger partial charge in [-0.15, -0.1) is 0 Å². The minimum Gasteiger partial charge on any atom is -0.494 e. The molecule has 1 aliphatic heterocycles. The smallest absolute Gasteiger partial charge is 0.296 e. The molecule has 3 aliphatic rings. The molecule has 5 heteroatoms. The van der Waals surface area contributed by atoms with Crippen LogP contribution in [0.15, 0.2) is 36.4 Å². The number of nitro groups is 1. The largest absolute Gasteiger partial charge is 0.494 e. The third kappa shape index (κ3) is 2.81. The number of nitrogens with zero attached hydrogens (tertiary/aromatic N) is 1. The Bertz CT molecular complexity index is 741. The van der Waals surface area contributed by atoms with Crippen LogP contribution < -0.4 is 10.1 Å². The molecule has 0 spiro atoms. The Hall–Kier alpha value is -2.30. The van der Waals surface area contributed by atoms with E-state index < -0.39 is 0 Å². The fourth-order valence-electron chi connectivity index (χ4n) is 4.70. The molecule has 2 aliphatic carbocycles. The van der Waals surface area contributed by atoms with E-state index >= 15 is 0 Å². The van der Waals surface area contributed by atoms with E-state index in [0.717, 1.165) is 31.2 Å². The molecule has 0 aromatic heterocycles. The second kappa shape index (κ2) is 6.54. The van der Waals surface area contributed by atoms with Crippen molar-refractivity contribution in [3.63, 3.8) is 0 Å². The Labute approximate surface area is 147 Å². The fraction of sp³-hybridized carbons (Fsp3) is 0.500. The van der Waals surface area contributed by atoms with Gasteiger partial charge in [0.2, 0.25) is 0 Å². The number of benzene rings is 1. The van der Waals surface area contributed by atoms with Crippen molar-refractivity contribution in [2.45, 2.75) is 44.6 Å². The number of nitrogens with one attached hydrogen (secondary N) is 1. The predicted octanol–water partition coefficient (Wildman–Crippen LogP) is 4.80. The highest BCUT2D eigenvalue weighted by Crippen LogP contribution is 2.51. The van der Waals surface area contributed by atoms with E-state index in [2.05, 4.69) is 29.6 Å². The lowest BCUT2D eigenvalue weighted by Gasteiger charge is -2.41. The SMILES string of the molecule is CCOc1cc2c(c([N+](=O)[O-])c1)N[C@H]([C@@H]1CC=CCC1)[C@H]1CC=C[C@@H]21. The van der Waals surface area contributed by atoms with Crippen molar-refractivity contribution < 1.29 is 9.66 Å². The summed E-state index contributed by atoms with van der Waals surface area (Å²) in [5.74, 6) is 1.84. The Morgan fingerprint density at radius 3 is 2.88 bits per heavy atom. The average Bonchev–Trinajstić information content (AvgIpc) is 3.11. The summed E-state index contributed by atoms with van der Waals surface area (Å²) >= 11 is 0. The van der Waals surface area contributed by atoms with Crippen molar-refractivity contribution >= 4 is 11.4 Å². The van der Waals surface area contributed by atoms with Crippen LogP contribution in [0.5, 0.6) is 5.75 Å². The van der Waals surface area contributed by atoms with Gasteiger partial charge in [0.05, 0.1) is 17.6 Å². The molecule has 0 saturated heterocycles. The molecular formula is C20H24N2O3. The van der Waals surface area contributed by atoms with Crippen LogP contribution in [0, 0.1) is 22.0 Å². The molecule has 5 nitrogen and oxygen atoms in total. The molecule has 0 radical (unpaired) electrons. The molecule has 1 aromatic carbocycles. The van der Waals surface area contributed by atoms with Crippen LogP contribution in [0.2, 0.25) is 0 Å². The molecule has 4 atom stereocenters. The lowest BCUT2D eigenvalue weighted by atomic mass is 9.72. The lowest BCUT2D eigenvalue weighted by Crippen LogP contribution is -2.42. The standard InChI is InChI=1S/C20H24N2O3/c1-2-25-14-11-17-15-9-6-10-16(15)19(13-7-4-3-5-8-13)21-20(17)18(12-14)22(23)24/h3-4,6,9,11-13,15-16,19,21H,2,5,7-8,10H2,1H3/t13-,15-,16+,19-/m1/s1. The van der Waals surface area contributed by atoms with Gasteiger partial charge in [0.25, 0.3) is 5.69 Å². The summed E-state index contributed by atoms with van der Waals surface area (Å²) in [6.07, 6.45) is 13.3. The van der Waals surface area contributed by atoms with E-state index in [-0.39, 0.29) is 22.6 Å². The molecule has 0 fully saturated rings. The average molecular weight is 340 g/mol. The van der Waals surface area contributed by atoms with Gasteiger partial charge in [0, 0.05) is 12.0 Å². The van der Waals surface area contributed by atoms with Crippen LogP contribution in [0.3, 0.4) is 0 Å². The number of rotatable bonds is 4. The minimum absolute atomic E-state index is 0.135. The van der Waals surface area contributed by atoms with Crippen molar-refractivity contribution in [2.75, 3.05) is 11.9 Å². The lowest BCUT2D eigenvalue weighted by molar-refractivity contribution is -0.384. The van der Waals surface area contributed by atoms with Crippen molar-refractivity contribution in [1.82, 2.24) is 0 Å². The highest BCUT2D eigenvalue weighted by atomic mass is 16.6. The van der Waals surface area contributed by atoms with Gasteiger partial charge in [0.1, 0.15) is 11.4 Å². The van der Waals surface area contributed by atoms with Gasteiger partial charge in [-0.25, -0.2) is 0 Å². The second-order valence-corrected chi connectivity index (χ2v) is 7.16. The second-order valence-electron chi connectivity index (χ2n) is 7.16. The number of anilines is 1. The topological polar surface area (TPSA) is 64.4 Å². The summed E-state index contributed by atoms with van der Waals surface area (Å²) in [5, 5.41) is 15.3. The van der Waals surface area contributed by atoms with Crippen molar-refractivity contribution in [3.8, 4) is 5.75 Å². The monoisotopic (exact) mass is 340 g/mol. The number of ether oxygens (including phenoxy) is 1. The highest BCUT2D eigenvalue weighted by molar-refractivity contribution is 5.72. The van der Waals surface area contributed by atoms with Crippen molar-refractivity contribution in [2.24, 2.45) is 11.8 Å². The summed E-state index contributed by atoms with van der Waals surface area (Å²) in [4.78, 5) is 11.4. The molecule has 4 rings (SSSR count). The summed E-state index contributed by atoms with van der Waals surface area (Å²) in [6.45, 7) is 2.40. The van der Waals surface area contributed by atoms with Gasteiger partial charge in [-0.2, -0.15) is 0 Å². The Morgan fingerprint density at radius 1 is 1.28 bits per heavy atom. The minimum atomic E-state index is -0.287. The fourth-order valence-corrected chi connectivity index (χ4v) is 4.70. The van der Waals surface area contributed by atoms with E-state index in [0.29, 0.717) is 29.9 Å².